The number of aryl methyl sites for hydroxylation is 2. The Balaban J connectivity index is 1.83. The summed E-state index contributed by atoms with van der Waals surface area (Å²) in [4.78, 5) is 0. The Morgan fingerprint density at radius 1 is 0.438 bits per heavy atom. The van der Waals surface area contributed by atoms with Gasteiger partial charge in [0, 0.05) is 0 Å². The summed E-state index contributed by atoms with van der Waals surface area (Å²) in [6.45, 7) is 4.55. The lowest BCUT2D eigenvalue weighted by Gasteiger charge is -2.07. The van der Waals surface area contributed by atoms with Gasteiger partial charge in [0.05, 0.1) is 11.4 Å². The Labute approximate surface area is 198 Å². The fraction of sp³-hybridized carbons (Fsp3) is 0.600. The van der Waals surface area contributed by atoms with E-state index in [2.05, 4.69) is 72.6 Å². The summed E-state index contributed by atoms with van der Waals surface area (Å²) < 4.78 is 0. The van der Waals surface area contributed by atoms with Crippen molar-refractivity contribution >= 4 is 11.4 Å². The van der Waals surface area contributed by atoms with Crippen LogP contribution in [0.3, 0.4) is 0 Å². The standard InChI is InChI=1S/C30H46N2/c1-3-5-7-9-11-13-15-21-27-23-17-19-25-29(27)31-32-30-26-20-18-24-28(30)22-16-14-12-10-8-6-4-2/h17-20,23-26H,3-16,21-22H2,1-2H3. The van der Waals surface area contributed by atoms with Crippen LogP contribution in [0.5, 0.6) is 0 Å². The average Bonchev–Trinajstić information content (AvgIpc) is 2.83. The van der Waals surface area contributed by atoms with E-state index in [1.165, 1.54) is 101 Å². The second kappa shape index (κ2) is 17.6. The Morgan fingerprint density at radius 2 is 0.781 bits per heavy atom. The topological polar surface area (TPSA) is 24.7 Å². The summed E-state index contributed by atoms with van der Waals surface area (Å²) in [6.07, 6.45) is 21.0. The monoisotopic (exact) mass is 434 g/mol. The zero-order valence-corrected chi connectivity index (χ0v) is 20.8. The van der Waals surface area contributed by atoms with Crippen LogP contribution in [0.2, 0.25) is 0 Å². The molecule has 0 amide bonds. The first-order valence-corrected chi connectivity index (χ1v) is 13.4. The van der Waals surface area contributed by atoms with Crippen LogP contribution in [0.1, 0.15) is 115 Å². The summed E-state index contributed by atoms with van der Waals surface area (Å²) in [5.41, 5.74) is 4.72. The molecule has 32 heavy (non-hydrogen) atoms. The molecule has 0 bridgehead atoms. The third kappa shape index (κ3) is 11.1. The van der Waals surface area contributed by atoms with Gasteiger partial charge in [-0.1, -0.05) is 127 Å². The molecule has 176 valence electrons. The van der Waals surface area contributed by atoms with Crippen LogP contribution < -0.4 is 0 Å². The van der Waals surface area contributed by atoms with Gasteiger partial charge in [0.1, 0.15) is 0 Å². The maximum atomic E-state index is 4.68. The molecule has 2 heteroatoms. The van der Waals surface area contributed by atoms with Crippen molar-refractivity contribution in [1.29, 1.82) is 0 Å². The van der Waals surface area contributed by atoms with Gasteiger partial charge in [-0.25, -0.2) is 0 Å². The molecule has 0 fully saturated rings. The minimum atomic E-state index is 1.03. The molecule has 0 aliphatic carbocycles. The van der Waals surface area contributed by atoms with Gasteiger partial charge in [0.25, 0.3) is 0 Å². The Bertz CT molecular complexity index is 687. The molecule has 0 N–H and O–H groups in total. The smallest absolute Gasteiger partial charge is 0.0889 e. The zero-order valence-electron chi connectivity index (χ0n) is 20.8. The summed E-state index contributed by atoms with van der Waals surface area (Å²) in [5, 5.41) is 9.36. The molecule has 0 saturated carbocycles. The van der Waals surface area contributed by atoms with Crippen LogP contribution in [-0.4, -0.2) is 0 Å². The largest absolute Gasteiger partial charge is 0.150 e. The number of hydrogen-bond acceptors (Lipinski definition) is 2. The summed E-state index contributed by atoms with van der Waals surface area (Å²) in [7, 11) is 0. The molecule has 0 spiro atoms. The summed E-state index contributed by atoms with van der Waals surface area (Å²) in [6, 6.07) is 17.1. The third-order valence-electron chi connectivity index (χ3n) is 6.35. The molecule has 0 aromatic heterocycles. The van der Waals surface area contributed by atoms with Crippen molar-refractivity contribution in [2.75, 3.05) is 0 Å². The van der Waals surface area contributed by atoms with Crippen LogP contribution in [-0.2, 0) is 12.8 Å². The van der Waals surface area contributed by atoms with Crippen molar-refractivity contribution in [3.63, 3.8) is 0 Å². The van der Waals surface area contributed by atoms with Crippen LogP contribution in [0.4, 0.5) is 11.4 Å². The Hall–Kier alpha value is -1.96. The van der Waals surface area contributed by atoms with E-state index < -0.39 is 0 Å². The predicted octanol–water partition coefficient (Wildman–Crippen LogP) is 10.7. The summed E-state index contributed by atoms with van der Waals surface area (Å²) in [5.74, 6) is 0. The molecule has 0 radical (unpaired) electrons. The Morgan fingerprint density at radius 3 is 1.19 bits per heavy atom. The lowest BCUT2D eigenvalue weighted by atomic mass is 10.0. The summed E-state index contributed by atoms with van der Waals surface area (Å²) >= 11 is 0. The van der Waals surface area contributed by atoms with E-state index in [1.807, 2.05) is 0 Å². The van der Waals surface area contributed by atoms with Gasteiger partial charge in [-0.15, -0.1) is 0 Å². The molecular weight excluding hydrogens is 388 g/mol. The molecule has 0 unspecified atom stereocenters. The number of nitrogens with zero attached hydrogens (tertiary/aromatic N) is 2. The highest BCUT2D eigenvalue weighted by Crippen LogP contribution is 2.27. The van der Waals surface area contributed by atoms with E-state index in [0.717, 1.165) is 24.2 Å². The minimum absolute atomic E-state index is 1.03. The van der Waals surface area contributed by atoms with Crippen molar-refractivity contribution in [2.24, 2.45) is 10.2 Å². The van der Waals surface area contributed by atoms with Crippen LogP contribution in [0.15, 0.2) is 58.8 Å². The highest BCUT2D eigenvalue weighted by atomic mass is 15.1. The van der Waals surface area contributed by atoms with E-state index in [1.54, 1.807) is 0 Å². The number of rotatable bonds is 18. The average molecular weight is 435 g/mol. The van der Waals surface area contributed by atoms with Crippen molar-refractivity contribution in [2.45, 2.75) is 117 Å². The highest BCUT2D eigenvalue weighted by molar-refractivity contribution is 5.49. The van der Waals surface area contributed by atoms with Gasteiger partial charge in [-0.2, -0.15) is 10.2 Å². The van der Waals surface area contributed by atoms with Gasteiger partial charge in [0.15, 0.2) is 0 Å². The molecule has 2 aromatic rings. The fourth-order valence-electron chi connectivity index (χ4n) is 4.29. The second-order valence-corrected chi connectivity index (χ2v) is 9.20. The quantitative estimate of drug-likeness (QED) is 0.165. The first-order valence-electron chi connectivity index (χ1n) is 13.4. The molecule has 2 nitrogen and oxygen atoms in total. The number of hydrogen-bond donors (Lipinski definition) is 0. The van der Waals surface area contributed by atoms with E-state index in [9.17, 15) is 0 Å². The highest BCUT2D eigenvalue weighted by Gasteiger charge is 2.04. The molecule has 0 atom stereocenters. The van der Waals surface area contributed by atoms with Crippen molar-refractivity contribution in [1.82, 2.24) is 0 Å². The number of unbranched alkanes of at least 4 members (excludes halogenated alkanes) is 12. The van der Waals surface area contributed by atoms with Crippen molar-refractivity contribution < 1.29 is 0 Å². The second-order valence-electron chi connectivity index (χ2n) is 9.20. The van der Waals surface area contributed by atoms with Gasteiger partial charge in [-0.3, -0.25) is 0 Å². The lowest BCUT2D eigenvalue weighted by Crippen LogP contribution is -1.88. The van der Waals surface area contributed by atoms with Crippen LogP contribution in [0, 0.1) is 0 Å². The maximum absolute atomic E-state index is 4.68. The lowest BCUT2D eigenvalue weighted by molar-refractivity contribution is 0.589. The normalized spacial score (nSPS) is 11.4. The number of benzene rings is 2. The van der Waals surface area contributed by atoms with Gasteiger partial charge < -0.3 is 0 Å². The van der Waals surface area contributed by atoms with E-state index in [4.69, 9.17) is 0 Å². The van der Waals surface area contributed by atoms with E-state index in [-0.39, 0.29) is 0 Å². The molecule has 2 rings (SSSR count). The maximum Gasteiger partial charge on any atom is 0.0889 e. The first-order chi connectivity index (χ1) is 15.8. The van der Waals surface area contributed by atoms with Gasteiger partial charge >= 0.3 is 0 Å². The molecule has 0 saturated heterocycles. The van der Waals surface area contributed by atoms with Crippen molar-refractivity contribution in [3.8, 4) is 0 Å². The van der Waals surface area contributed by atoms with E-state index >= 15 is 0 Å². The zero-order chi connectivity index (χ0) is 22.7. The molecular formula is C30H46N2. The SMILES string of the molecule is CCCCCCCCCc1ccccc1N=Nc1ccccc1CCCCCCCCC. The van der Waals surface area contributed by atoms with Gasteiger partial charge in [0.2, 0.25) is 0 Å². The molecule has 0 aliphatic heterocycles. The van der Waals surface area contributed by atoms with E-state index in [0.29, 0.717) is 0 Å². The first kappa shape index (κ1) is 26.3. The van der Waals surface area contributed by atoms with Crippen LogP contribution >= 0.6 is 0 Å². The minimum Gasteiger partial charge on any atom is -0.150 e. The predicted molar refractivity (Wildman–Crippen MR) is 140 cm³/mol. The number of azo groups is 1. The molecule has 2 aromatic carbocycles. The third-order valence-corrected chi connectivity index (χ3v) is 6.35. The van der Waals surface area contributed by atoms with Crippen molar-refractivity contribution in [3.05, 3.63) is 59.7 Å². The van der Waals surface area contributed by atoms with Gasteiger partial charge in [-0.05, 0) is 48.9 Å². The molecule has 0 aliphatic rings. The Kier molecular flexibility index (Phi) is 14.4. The van der Waals surface area contributed by atoms with Crippen LogP contribution in [0.25, 0.3) is 0 Å². The fourth-order valence-corrected chi connectivity index (χ4v) is 4.29. The molecule has 0 heterocycles.